The van der Waals surface area contributed by atoms with Crippen molar-refractivity contribution in [1.29, 1.82) is 0 Å². The van der Waals surface area contributed by atoms with Gasteiger partial charge in [-0.05, 0) is 35.6 Å². The van der Waals surface area contributed by atoms with E-state index >= 15 is 0 Å². The van der Waals surface area contributed by atoms with Gasteiger partial charge in [-0.15, -0.1) is 0 Å². The molecule has 0 fully saturated rings. The maximum atomic E-state index is 5.85. The van der Waals surface area contributed by atoms with Crippen LogP contribution in [0.3, 0.4) is 0 Å². The van der Waals surface area contributed by atoms with Crippen LogP contribution >= 0.6 is 11.6 Å². The molecule has 0 amide bonds. The Kier molecular flexibility index (Phi) is 5.12. The molecule has 1 aromatic heterocycles. The normalized spacial score (nSPS) is 12.7. The zero-order chi connectivity index (χ0) is 14.5. The molecule has 1 unspecified atom stereocenters. The van der Waals surface area contributed by atoms with Crippen LogP contribution in [0, 0.1) is 0 Å². The molecule has 1 aromatic carbocycles. The Labute approximate surface area is 125 Å². The molecule has 2 aromatic rings. The molecule has 3 nitrogen and oxygen atoms in total. The summed E-state index contributed by atoms with van der Waals surface area (Å²) in [5.41, 5.74) is 6.29. The van der Waals surface area contributed by atoms with Crippen LogP contribution in [0.4, 0.5) is 0 Å². The molecule has 4 heteroatoms. The first-order chi connectivity index (χ1) is 9.60. The smallest absolute Gasteiger partial charge is 0.0672 e. The van der Waals surface area contributed by atoms with E-state index in [1.165, 1.54) is 11.1 Å². The van der Waals surface area contributed by atoms with Crippen LogP contribution < -0.4 is 11.3 Å². The fraction of sp³-hybridized carbons (Fsp3) is 0.312. The van der Waals surface area contributed by atoms with Gasteiger partial charge in [0.15, 0.2) is 0 Å². The molecule has 20 heavy (non-hydrogen) atoms. The Bertz CT molecular complexity index is 535. The van der Waals surface area contributed by atoms with Gasteiger partial charge in [0.25, 0.3) is 0 Å². The van der Waals surface area contributed by atoms with Gasteiger partial charge in [-0.1, -0.05) is 49.7 Å². The highest BCUT2D eigenvalue weighted by Gasteiger charge is 2.12. The molecular weight excluding hydrogens is 270 g/mol. The first-order valence-corrected chi connectivity index (χ1v) is 7.14. The molecule has 1 heterocycles. The van der Waals surface area contributed by atoms with Crippen LogP contribution in [0.25, 0.3) is 0 Å². The lowest BCUT2D eigenvalue weighted by Crippen LogP contribution is -2.30. The van der Waals surface area contributed by atoms with Crippen molar-refractivity contribution in [2.24, 2.45) is 5.84 Å². The summed E-state index contributed by atoms with van der Waals surface area (Å²) >= 11 is 5.85. The van der Waals surface area contributed by atoms with Crippen LogP contribution in [0.2, 0.25) is 5.02 Å². The molecule has 0 aliphatic rings. The van der Waals surface area contributed by atoms with E-state index in [1.807, 2.05) is 12.1 Å². The van der Waals surface area contributed by atoms with Crippen molar-refractivity contribution in [2.75, 3.05) is 0 Å². The highest BCUT2D eigenvalue weighted by atomic mass is 35.5. The standard InChI is InChI=1S/C16H20ClN3/c1-11(2)13-5-3-12(4-6-13)9-16(20-18)15-8-7-14(17)10-19-15/h3-8,10-11,16,20H,9,18H2,1-2H3. The van der Waals surface area contributed by atoms with Crippen LogP contribution in [-0.4, -0.2) is 4.98 Å². The number of halogens is 1. The lowest BCUT2D eigenvalue weighted by Gasteiger charge is -2.16. The van der Waals surface area contributed by atoms with Crippen LogP contribution in [0.15, 0.2) is 42.6 Å². The van der Waals surface area contributed by atoms with E-state index in [2.05, 4.69) is 48.5 Å². The molecule has 3 N–H and O–H groups in total. The van der Waals surface area contributed by atoms with Gasteiger partial charge >= 0.3 is 0 Å². The topological polar surface area (TPSA) is 50.9 Å². The van der Waals surface area contributed by atoms with Crippen molar-refractivity contribution in [1.82, 2.24) is 10.4 Å². The molecule has 2 rings (SSSR count). The van der Waals surface area contributed by atoms with Gasteiger partial charge in [-0.3, -0.25) is 16.3 Å². The summed E-state index contributed by atoms with van der Waals surface area (Å²) in [6, 6.07) is 12.3. The SMILES string of the molecule is CC(C)c1ccc(CC(NN)c2ccc(Cl)cn2)cc1. The van der Waals surface area contributed by atoms with Crippen LogP contribution in [0.5, 0.6) is 0 Å². The number of aromatic nitrogens is 1. The Morgan fingerprint density at radius 2 is 1.85 bits per heavy atom. The van der Waals surface area contributed by atoms with Crippen molar-refractivity contribution in [2.45, 2.75) is 32.2 Å². The number of hydrogen-bond donors (Lipinski definition) is 2. The van der Waals surface area contributed by atoms with Crippen LogP contribution in [0.1, 0.15) is 42.6 Å². The first kappa shape index (κ1) is 15.0. The number of hydrogen-bond acceptors (Lipinski definition) is 3. The second-order valence-corrected chi connectivity index (χ2v) is 5.66. The number of benzene rings is 1. The molecule has 0 aliphatic carbocycles. The molecule has 0 saturated heterocycles. The lowest BCUT2D eigenvalue weighted by atomic mass is 9.98. The third-order valence-corrected chi connectivity index (χ3v) is 3.62. The Morgan fingerprint density at radius 3 is 2.35 bits per heavy atom. The van der Waals surface area contributed by atoms with Crippen molar-refractivity contribution < 1.29 is 0 Å². The molecule has 0 aliphatic heterocycles. The lowest BCUT2D eigenvalue weighted by molar-refractivity contribution is 0.538. The number of pyridine rings is 1. The van der Waals surface area contributed by atoms with Gasteiger partial charge in [0.2, 0.25) is 0 Å². The van der Waals surface area contributed by atoms with E-state index in [1.54, 1.807) is 6.20 Å². The van der Waals surface area contributed by atoms with E-state index in [-0.39, 0.29) is 6.04 Å². The largest absolute Gasteiger partial charge is 0.271 e. The van der Waals surface area contributed by atoms with Gasteiger partial charge in [0.1, 0.15) is 0 Å². The maximum Gasteiger partial charge on any atom is 0.0672 e. The zero-order valence-corrected chi connectivity index (χ0v) is 12.6. The van der Waals surface area contributed by atoms with Gasteiger partial charge in [0.05, 0.1) is 16.8 Å². The second-order valence-electron chi connectivity index (χ2n) is 5.22. The summed E-state index contributed by atoms with van der Waals surface area (Å²) in [6.07, 6.45) is 2.44. The quantitative estimate of drug-likeness (QED) is 0.653. The average molecular weight is 290 g/mol. The predicted molar refractivity (Wildman–Crippen MR) is 83.5 cm³/mol. The third kappa shape index (κ3) is 3.79. The van der Waals surface area contributed by atoms with Gasteiger partial charge in [-0.25, -0.2) is 0 Å². The van der Waals surface area contributed by atoms with Gasteiger partial charge in [0, 0.05) is 6.20 Å². The molecule has 0 radical (unpaired) electrons. The van der Waals surface area contributed by atoms with Gasteiger partial charge in [-0.2, -0.15) is 0 Å². The summed E-state index contributed by atoms with van der Waals surface area (Å²) in [7, 11) is 0. The summed E-state index contributed by atoms with van der Waals surface area (Å²) in [4.78, 5) is 4.32. The second kappa shape index (κ2) is 6.84. The van der Waals surface area contributed by atoms with Gasteiger partial charge < -0.3 is 0 Å². The third-order valence-electron chi connectivity index (χ3n) is 3.39. The number of nitrogens with one attached hydrogen (secondary N) is 1. The fourth-order valence-corrected chi connectivity index (χ4v) is 2.23. The van der Waals surface area contributed by atoms with E-state index < -0.39 is 0 Å². The fourth-order valence-electron chi connectivity index (χ4n) is 2.12. The van der Waals surface area contributed by atoms with E-state index in [0.29, 0.717) is 10.9 Å². The number of hydrazine groups is 1. The van der Waals surface area contributed by atoms with Crippen molar-refractivity contribution in [3.05, 3.63) is 64.4 Å². The molecule has 0 bridgehead atoms. The van der Waals surface area contributed by atoms with Crippen molar-refractivity contribution >= 4 is 11.6 Å². The van der Waals surface area contributed by atoms with Crippen LogP contribution in [-0.2, 0) is 6.42 Å². The highest BCUT2D eigenvalue weighted by Crippen LogP contribution is 2.20. The highest BCUT2D eigenvalue weighted by molar-refractivity contribution is 6.30. The number of nitrogens with two attached hydrogens (primary N) is 1. The first-order valence-electron chi connectivity index (χ1n) is 6.76. The number of nitrogens with zero attached hydrogens (tertiary/aromatic N) is 1. The van der Waals surface area contributed by atoms with Crippen molar-refractivity contribution in [3.8, 4) is 0 Å². The average Bonchev–Trinajstić information content (AvgIpc) is 2.46. The minimum Gasteiger partial charge on any atom is -0.271 e. The minimum atomic E-state index is -0.0165. The molecular formula is C16H20ClN3. The van der Waals surface area contributed by atoms with Crippen molar-refractivity contribution in [3.63, 3.8) is 0 Å². The monoisotopic (exact) mass is 289 g/mol. The van der Waals surface area contributed by atoms with E-state index in [9.17, 15) is 0 Å². The zero-order valence-electron chi connectivity index (χ0n) is 11.8. The van der Waals surface area contributed by atoms with E-state index in [4.69, 9.17) is 17.4 Å². The molecule has 0 saturated carbocycles. The summed E-state index contributed by atoms with van der Waals surface area (Å²) in [5, 5.41) is 0.630. The summed E-state index contributed by atoms with van der Waals surface area (Å²) in [6.45, 7) is 4.38. The van der Waals surface area contributed by atoms with E-state index in [0.717, 1.165) is 12.1 Å². The minimum absolute atomic E-state index is 0.0165. The Morgan fingerprint density at radius 1 is 1.15 bits per heavy atom. The molecule has 106 valence electrons. The number of rotatable bonds is 5. The Balaban J connectivity index is 2.11. The summed E-state index contributed by atoms with van der Waals surface area (Å²) < 4.78 is 0. The predicted octanol–water partition coefficient (Wildman–Crippen LogP) is 3.61. The summed E-state index contributed by atoms with van der Waals surface area (Å²) in [5.74, 6) is 6.19. The molecule has 1 atom stereocenters. The maximum absolute atomic E-state index is 5.85. The Hall–Kier alpha value is -1.42. The molecule has 0 spiro atoms.